The molecule has 1 atom stereocenters. The number of anilines is 1. The van der Waals surface area contributed by atoms with Crippen LogP contribution in [0.3, 0.4) is 0 Å². The molecule has 2 aromatic carbocycles. The average Bonchev–Trinajstić information content (AvgIpc) is 2.63. The zero-order valence-corrected chi connectivity index (χ0v) is 17.0. The maximum absolute atomic E-state index is 12.6. The number of methoxy groups -OCH3 is 1. The minimum absolute atomic E-state index is 0.0637. The van der Waals surface area contributed by atoms with E-state index >= 15 is 0 Å². The lowest BCUT2D eigenvalue weighted by atomic mass is 10.1. The monoisotopic (exact) mass is 432 g/mol. The molecule has 0 saturated carbocycles. The number of hydrogen-bond donors (Lipinski definition) is 1. The molecule has 1 unspecified atom stereocenters. The van der Waals surface area contributed by atoms with E-state index in [2.05, 4.69) is 10.1 Å². The van der Waals surface area contributed by atoms with Crippen molar-refractivity contribution in [2.75, 3.05) is 19.5 Å². The fourth-order valence-corrected chi connectivity index (χ4v) is 2.80. The molecule has 0 spiro atoms. The Morgan fingerprint density at radius 2 is 1.89 bits per heavy atom. The molecule has 0 bridgehead atoms. The van der Waals surface area contributed by atoms with Crippen molar-refractivity contribution < 1.29 is 23.0 Å². The highest BCUT2D eigenvalue weighted by Crippen LogP contribution is 2.30. The third-order valence-electron chi connectivity index (χ3n) is 4.10. The molecule has 0 saturated heterocycles. The summed E-state index contributed by atoms with van der Waals surface area (Å²) in [6.45, 7) is -0.927. The number of hydrogen-bond acceptors (Lipinski definition) is 4. The number of halogens is 4. The predicted molar refractivity (Wildman–Crippen MR) is 106 cm³/mol. The molecular weight excluding hydrogens is 413 g/mol. The summed E-state index contributed by atoms with van der Waals surface area (Å²) in [4.78, 5) is 14.3. The number of rotatable bonds is 8. The van der Waals surface area contributed by atoms with Crippen molar-refractivity contribution in [3.63, 3.8) is 0 Å². The molecule has 5 nitrogen and oxygen atoms in total. The molecule has 2 aromatic rings. The molecule has 2 rings (SSSR count). The Kier molecular flexibility index (Phi) is 7.86. The van der Waals surface area contributed by atoms with Gasteiger partial charge >= 0.3 is 6.61 Å². The van der Waals surface area contributed by atoms with Crippen molar-refractivity contribution in [2.45, 2.75) is 26.1 Å². The summed E-state index contributed by atoms with van der Waals surface area (Å²) in [5, 5.41) is 3.55. The van der Waals surface area contributed by atoms with Crippen molar-refractivity contribution in [1.29, 1.82) is 0 Å². The van der Waals surface area contributed by atoms with E-state index < -0.39 is 12.7 Å². The van der Waals surface area contributed by atoms with Crippen molar-refractivity contribution in [1.82, 2.24) is 4.90 Å². The minimum atomic E-state index is -2.96. The molecule has 0 aliphatic carbocycles. The zero-order chi connectivity index (χ0) is 20.8. The number of nitrogens with zero attached hydrogens (tertiary/aromatic N) is 1. The summed E-state index contributed by atoms with van der Waals surface area (Å²) in [5.41, 5.74) is 1.09. The quantitative estimate of drug-likeness (QED) is 0.632. The number of nitrogens with one attached hydrogen (secondary N) is 1. The lowest BCUT2D eigenvalue weighted by Gasteiger charge is -2.24. The van der Waals surface area contributed by atoms with Crippen molar-refractivity contribution >= 4 is 34.8 Å². The normalized spacial score (nSPS) is 12.2. The first kappa shape index (κ1) is 22.2. The Balaban J connectivity index is 2.07. The molecular formula is C19H20Cl2F2N2O3. The molecule has 0 heterocycles. The van der Waals surface area contributed by atoms with E-state index in [9.17, 15) is 13.6 Å². The van der Waals surface area contributed by atoms with Gasteiger partial charge in [0.2, 0.25) is 5.91 Å². The Morgan fingerprint density at radius 1 is 1.18 bits per heavy atom. The summed E-state index contributed by atoms with van der Waals surface area (Å²) in [6, 6.07) is 8.96. The third kappa shape index (κ3) is 5.95. The molecule has 1 amide bonds. The van der Waals surface area contributed by atoms with Gasteiger partial charge < -0.3 is 14.8 Å². The van der Waals surface area contributed by atoms with E-state index in [1.165, 1.54) is 19.2 Å². The summed E-state index contributed by atoms with van der Waals surface area (Å²) in [7, 11) is 3.11. The molecule has 28 heavy (non-hydrogen) atoms. The van der Waals surface area contributed by atoms with Gasteiger partial charge in [0, 0.05) is 11.6 Å². The molecule has 9 heteroatoms. The summed E-state index contributed by atoms with van der Waals surface area (Å²) in [5.74, 6) is -0.150. The number of amides is 1. The van der Waals surface area contributed by atoms with Crippen LogP contribution in [0.2, 0.25) is 10.0 Å². The van der Waals surface area contributed by atoms with Gasteiger partial charge in [-0.1, -0.05) is 29.3 Å². The number of ether oxygens (including phenoxy) is 2. The first-order valence-electron chi connectivity index (χ1n) is 8.29. The van der Waals surface area contributed by atoms with Crippen LogP contribution in [-0.2, 0) is 11.3 Å². The van der Waals surface area contributed by atoms with E-state index in [-0.39, 0.29) is 17.4 Å². The summed E-state index contributed by atoms with van der Waals surface area (Å²) in [6.07, 6.45) is 0. The molecule has 152 valence electrons. The first-order chi connectivity index (χ1) is 13.2. The highest BCUT2D eigenvalue weighted by Gasteiger charge is 2.20. The Hall–Kier alpha value is -2.09. The van der Waals surface area contributed by atoms with Crippen LogP contribution in [0.1, 0.15) is 12.5 Å². The summed E-state index contributed by atoms with van der Waals surface area (Å²) < 4.78 is 34.6. The first-order valence-corrected chi connectivity index (χ1v) is 9.04. The van der Waals surface area contributed by atoms with Crippen LogP contribution >= 0.6 is 23.2 Å². The van der Waals surface area contributed by atoms with Gasteiger partial charge in [-0.3, -0.25) is 9.69 Å². The van der Waals surface area contributed by atoms with Crippen LogP contribution in [-0.4, -0.2) is 37.6 Å². The zero-order valence-electron chi connectivity index (χ0n) is 15.5. The second kappa shape index (κ2) is 9.91. The topological polar surface area (TPSA) is 50.8 Å². The molecule has 0 aromatic heterocycles. The van der Waals surface area contributed by atoms with Crippen molar-refractivity contribution in [3.05, 3.63) is 52.0 Å². The number of carbonyl (C=O) groups excluding carboxylic acids is 1. The standard InChI is InChI=1S/C19H20Cl2F2N2O3/c1-11(18(26)24-15-9-13(20)5-6-14(15)21)25(2)10-12-4-7-16(27-3)17(8-12)28-19(22)23/h4-9,11,19H,10H2,1-3H3,(H,24,26). The van der Waals surface area contributed by atoms with E-state index in [0.29, 0.717) is 27.8 Å². The number of alkyl halides is 2. The fraction of sp³-hybridized carbons (Fsp3) is 0.316. The Morgan fingerprint density at radius 3 is 2.54 bits per heavy atom. The SMILES string of the molecule is COc1ccc(CN(C)C(C)C(=O)Nc2cc(Cl)ccc2Cl)cc1OC(F)F. The van der Waals surface area contributed by atoms with Crippen LogP contribution in [0.4, 0.5) is 14.5 Å². The molecule has 0 fully saturated rings. The van der Waals surface area contributed by atoms with E-state index in [0.717, 1.165) is 0 Å². The van der Waals surface area contributed by atoms with Crippen LogP contribution in [0.5, 0.6) is 11.5 Å². The number of benzene rings is 2. The summed E-state index contributed by atoms with van der Waals surface area (Å²) >= 11 is 12.0. The Labute approximate surface area is 172 Å². The maximum atomic E-state index is 12.6. The van der Waals surface area contributed by atoms with Crippen LogP contribution in [0.25, 0.3) is 0 Å². The Bertz CT molecular complexity index is 837. The van der Waals surface area contributed by atoms with Gasteiger partial charge in [0.25, 0.3) is 0 Å². The number of likely N-dealkylation sites (N-methyl/N-ethyl adjacent to an activating group) is 1. The van der Waals surface area contributed by atoms with Crippen LogP contribution in [0, 0.1) is 0 Å². The molecule has 0 aliphatic rings. The second-order valence-corrected chi connectivity index (χ2v) is 6.91. The van der Waals surface area contributed by atoms with Crippen LogP contribution < -0.4 is 14.8 Å². The van der Waals surface area contributed by atoms with E-state index in [1.54, 1.807) is 43.1 Å². The minimum Gasteiger partial charge on any atom is -0.493 e. The lowest BCUT2D eigenvalue weighted by molar-refractivity contribution is -0.120. The van der Waals surface area contributed by atoms with E-state index in [1.807, 2.05) is 0 Å². The second-order valence-electron chi connectivity index (χ2n) is 6.07. The molecule has 1 N–H and O–H groups in total. The van der Waals surface area contributed by atoms with Gasteiger partial charge in [-0.05, 0) is 49.9 Å². The lowest BCUT2D eigenvalue weighted by Crippen LogP contribution is -2.39. The van der Waals surface area contributed by atoms with Gasteiger partial charge in [0.05, 0.1) is 23.9 Å². The predicted octanol–water partition coefficient (Wildman–Crippen LogP) is 5.06. The van der Waals surface area contributed by atoms with Crippen LogP contribution in [0.15, 0.2) is 36.4 Å². The van der Waals surface area contributed by atoms with Gasteiger partial charge in [0.15, 0.2) is 11.5 Å². The van der Waals surface area contributed by atoms with E-state index in [4.69, 9.17) is 27.9 Å². The highest BCUT2D eigenvalue weighted by molar-refractivity contribution is 6.35. The highest BCUT2D eigenvalue weighted by atomic mass is 35.5. The van der Waals surface area contributed by atoms with Gasteiger partial charge in [0.1, 0.15) is 0 Å². The smallest absolute Gasteiger partial charge is 0.387 e. The molecule has 0 aliphatic heterocycles. The maximum Gasteiger partial charge on any atom is 0.387 e. The van der Waals surface area contributed by atoms with Crippen molar-refractivity contribution in [2.24, 2.45) is 0 Å². The third-order valence-corrected chi connectivity index (χ3v) is 4.67. The average molecular weight is 433 g/mol. The van der Waals surface area contributed by atoms with Gasteiger partial charge in [-0.25, -0.2) is 0 Å². The van der Waals surface area contributed by atoms with Gasteiger partial charge in [-0.2, -0.15) is 8.78 Å². The largest absolute Gasteiger partial charge is 0.493 e. The fourth-order valence-electron chi connectivity index (χ4n) is 2.46. The van der Waals surface area contributed by atoms with Gasteiger partial charge in [-0.15, -0.1) is 0 Å². The molecule has 0 radical (unpaired) electrons. The van der Waals surface area contributed by atoms with Crippen molar-refractivity contribution in [3.8, 4) is 11.5 Å². The number of carbonyl (C=O) groups is 1.